The summed E-state index contributed by atoms with van der Waals surface area (Å²) in [6.07, 6.45) is 0. The molecule has 30 heavy (non-hydrogen) atoms. The van der Waals surface area contributed by atoms with Crippen molar-refractivity contribution < 1.29 is 9.21 Å². The number of nitrogens with zero attached hydrogens (tertiary/aromatic N) is 3. The molecule has 6 nitrogen and oxygen atoms in total. The van der Waals surface area contributed by atoms with Gasteiger partial charge < -0.3 is 9.32 Å². The summed E-state index contributed by atoms with van der Waals surface area (Å²) in [5.74, 6) is 0.0941. The van der Waals surface area contributed by atoms with Gasteiger partial charge in [-0.15, -0.1) is 0 Å². The molecule has 0 N–H and O–H groups in total. The van der Waals surface area contributed by atoms with Gasteiger partial charge in [0.2, 0.25) is 5.91 Å². The van der Waals surface area contributed by atoms with Crippen LogP contribution in [-0.4, -0.2) is 55.5 Å². The maximum absolute atomic E-state index is 12.6. The molecule has 156 valence electrons. The van der Waals surface area contributed by atoms with Crippen LogP contribution in [0.25, 0.3) is 11.0 Å². The van der Waals surface area contributed by atoms with Crippen molar-refractivity contribution in [2.75, 3.05) is 44.7 Å². The first kappa shape index (κ1) is 20.3. The Morgan fingerprint density at radius 3 is 2.43 bits per heavy atom. The third kappa shape index (κ3) is 4.61. The van der Waals surface area contributed by atoms with Gasteiger partial charge in [0.25, 0.3) is 0 Å². The van der Waals surface area contributed by atoms with Crippen LogP contribution in [0.5, 0.6) is 0 Å². The predicted molar refractivity (Wildman–Crippen MR) is 119 cm³/mol. The van der Waals surface area contributed by atoms with E-state index in [2.05, 4.69) is 9.80 Å². The fourth-order valence-corrected chi connectivity index (χ4v) is 3.91. The van der Waals surface area contributed by atoms with Crippen molar-refractivity contribution in [3.05, 3.63) is 76.1 Å². The molecule has 6 heteroatoms. The molecule has 2 heterocycles. The first-order valence-electron chi connectivity index (χ1n) is 10.3. The van der Waals surface area contributed by atoms with Crippen molar-refractivity contribution in [1.29, 1.82) is 0 Å². The first-order chi connectivity index (χ1) is 14.5. The van der Waals surface area contributed by atoms with Gasteiger partial charge in [-0.25, -0.2) is 4.79 Å². The highest BCUT2D eigenvalue weighted by atomic mass is 16.4. The standard InChI is InChI=1S/C24H27N3O3/c1-18-8-9-21-19(15-24(29)30-22(21)14-18)16-26-10-12-27(13-11-26)17-23(28)25(2)20-6-4-3-5-7-20/h3-9,14-15H,10-13,16-17H2,1-2H3. The van der Waals surface area contributed by atoms with Crippen molar-refractivity contribution in [2.45, 2.75) is 13.5 Å². The van der Waals surface area contributed by atoms with Crippen molar-refractivity contribution in [3.8, 4) is 0 Å². The molecule has 1 aliphatic rings. The summed E-state index contributed by atoms with van der Waals surface area (Å²) in [6, 6.07) is 17.3. The van der Waals surface area contributed by atoms with Crippen LogP contribution in [0.2, 0.25) is 0 Å². The van der Waals surface area contributed by atoms with Crippen LogP contribution in [0, 0.1) is 6.92 Å². The Morgan fingerprint density at radius 2 is 1.70 bits per heavy atom. The average molecular weight is 405 g/mol. The van der Waals surface area contributed by atoms with Gasteiger partial charge in [-0.05, 0) is 36.2 Å². The number of carbonyl (C=O) groups excluding carboxylic acids is 1. The largest absolute Gasteiger partial charge is 0.423 e. The number of piperazine rings is 1. The first-order valence-corrected chi connectivity index (χ1v) is 10.3. The van der Waals surface area contributed by atoms with Crippen molar-refractivity contribution in [3.63, 3.8) is 0 Å². The van der Waals surface area contributed by atoms with E-state index in [0.717, 1.165) is 48.4 Å². The second-order valence-corrected chi connectivity index (χ2v) is 7.93. The monoisotopic (exact) mass is 405 g/mol. The Kier molecular flexibility index (Phi) is 5.97. The molecule has 3 aromatic rings. The van der Waals surface area contributed by atoms with Crippen LogP contribution >= 0.6 is 0 Å². The van der Waals surface area contributed by atoms with Gasteiger partial charge in [0.05, 0.1) is 6.54 Å². The van der Waals surface area contributed by atoms with E-state index in [1.54, 1.807) is 11.0 Å². The summed E-state index contributed by atoms with van der Waals surface area (Å²) in [6.45, 7) is 6.47. The minimum Gasteiger partial charge on any atom is -0.423 e. The van der Waals surface area contributed by atoms with Crippen LogP contribution in [0.15, 0.2) is 63.8 Å². The van der Waals surface area contributed by atoms with Gasteiger partial charge in [0.15, 0.2) is 0 Å². The highest BCUT2D eigenvalue weighted by Crippen LogP contribution is 2.20. The van der Waals surface area contributed by atoms with Crippen molar-refractivity contribution >= 4 is 22.6 Å². The Labute approximate surface area is 176 Å². The summed E-state index contributed by atoms with van der Waals surface area (Å²) in [5.41, 5.74) is 3.31. The molecular formula is C24H27N3O3. The van der Waals surface area contributed by atoms with Gasteiger partial charge in [-0.1, -0.05) is 30.3 Å². The Morgan fingerprint density at radius 1 is 1.00 bits per heavy atom. The van der Waals surface area contributed by atoms with Gasteiger partial charge >= 0.3 is 5.63 Å². The number of aryl methyl sites for hydroxylation is 1. The number of rotatable bonds is 5. The number of carbonyl (C=O) groups is 1. The van der Waals surface area contributed by atoms with E-state index in [-0.39, 0.29) is 11.5 Å². The zero-order chi connectivity index (χ0) is 21.1. The minimum absolute atomic E-state index is 0.0941. The van der Waals surface area contributed by atoms with E-state index in [4.69, 9.17) is 4.42 Å². The maximum atomic E-state index is 12.6. The lowest BCUT2D eigenvalue weighted by Crippen LogP contribution is -2.49. The number of amides is 1. The number of fused-ring (bicyclic) bond motifs is 1. The molecule has 0 aliphatic carbocycles. The van der Waals surface area contributed by atoms with E-state index in [1.807, 2.05) is 62.5 Å². The topological polar surface area (TPSA) is 57.0 Å². The molecule has 0 radical (unpaired) electrons. The van der Waals surface area contributed by atoms with Crippen LogP contribution in [0.4, 0.5) is 5.69 Å². The third-order valence-electron chi connectivity index (χ3n) is 5.72. The second kappa shape index (κ2) is 8.81. The van der Waals surface area contributed by atoms with Gasteiger partial charge in [0.1, 0.15) is 5.58 Å². The summed E-state index contributed by atoms with van der Waals surface area (Å²) in [7, 11) is 1.82. The number of para-hydroxylation sites is 1. The van der Waals surface area contributed by atoms with E-state index in [1.165, 1.54) is 0 Å². The van der Waals surface area contributed by atoms with E-state index in [0.29, 0.717) is 18.7 Å². The maximum Gasteiger partial charge on any atom is 0.336 e. The van der Waals surface area contributed by atoms with Crippen LogP contribution in [0.3, 0.4) is 0 Å². The number of likely N-dealkylation sites (N-methyl/N-ethyl adjacent to an activating group) is 1. The van der Waals surface area contributed by atoms with E-state index in [9.17, 15) is 9.59 Å². The van der Waals surface area contributed by atoms with Crippen LogP contribution < -0.4 is 10.5 Å². The molecule has 0 unspecified atom stereocenters. The lowest BCUT2D eigenvalue weighted by Gasteiger charge is -2.35. The SMILES string of the molecule is Cc1ccc2c(CN3CCN(CC(=O)N(C)c4ccccc4)CC3)cc(=O)oc2c1. The normalized spacial score (nSPS) is 15.4. The van der Waals surface area contributed by atoms with Gasteiger partial charge in [-0.3, -0.25) is 14.6 Å². The van der Waals surface area contributed by atoms with Crippen LogP contribution in [0.1, 0.15) is 11.1 Å². The molecule has 1 amide bonds. The molecule has 0 spiro atoms. The molecular weight excluding hydrogens is 378 g/mol. The lowest BCUT2D eigenvalue weighted by atomic mass is 10.1. The molecule has 2 aromatic carbocycles. The molecule has 1 fully saturated rings. The van der Waals surface area contributed by atoms with Gasteiger partial charge in [0, 0.05) is 56.9 Å². The Balaban J connectivity index is 1.36. The Bertz CT molecular complexity index is 1090. The third-order valence-corrected chi connectivity index (χ3v) is 5.72. The van der Waals surface area contributed by atoms with Crippen LogP contribution in [-0.2, 0) is 11.3 Å². The smallest absolute Gasteiger partial charge is 0.336 e. The zero-order valence-electron chi connectivity index (χ0n) is 17.5. The zero-order valence-corrected chi connectivity index (χ0v) is 17.5. The second-order valence-electron chi connectivity index (χ2n) is 7.93. The number of benzene rings is 2. The molecule has 0 bridgehead atoms. The molecule has 0 saturated carbocycles. The fourth-order valence-electron chi connectivity index (χ4n) is 3.91. The predicted octanol–water partition coefficient (Wildman–Crippen LogP) is 2.88. The van der Waals surface area contributed by atoms with E-state index >= 15 is 0 Å². The number of hydrogen-bond donors (Lipinski definition) is 0. The molecule has 0 atom stereocenters. The average Bonchev–Trinajstić information content (AvgIpc) is 2.74. The summed E-state index contributed by atoms with van der Waals surface area (Å²) in [5, 5.41) is 0.988. The summed E-state index contributed by atoms with van der Waals surface area (Å²) in [4.78, 5) is 30.8. The molecule has 4 rings (SSSR count). The summed E-state index contributed by atoms with van der Waals surface area (Å²) >= 11 is 0. The highest BCUT2D eigenvalue weighted by Gasteiger charge is 2.21. The van der Waals surface area contributed by atoms with Crippen molar-refractivity contribution in [2.24, 2.45) is 0 Å². The number of hydrogen-bond acceptors (Lipinski definition) is 5. The summed E-state index contributed by atoms with van der Waals surface area (Å²) < 4.78 is 5.37. The number of anilines is 1. The molecule has 1 aromatic heterocycles. The van der Waals surface area contributed by atoms with E-state index < -0.39 is 0 Å². The van der Waals surface area contributed by atoms with Gasteiger partial charge in [-0.2, -0.15) is 0 Å². The van der Waals surface area contributed by atoms with Crippen molar-refractivity contribution in [1.82, 2.24) is 9.80 Å². The quantitative estimate of drug-likeness (QED) is 0.611. The fraction of sp³-hybridized carbons (Fsp3) is 0.333. The minimum atomic E-state index is -0.309. The Hall–Kier alpha value is -2.96. The molecule has 1 saturated heterocycles. The molecule has 1 aliphatic heterocycles. The highest BCUT2D eigenvalue weighted by molar-refractivity contribution is 5.94. The lowest BCUT2D eigenvalue weighted by molar-refractivity contribution is -0.119.